The molecule has 0 aliphatic carbocycles. The number of H-pyrrole nitrogens is 1. The number of methoxy groups -OCH3 is 1. The van der Waals surface area contributed by atoms with Crippen LogP contribution in [-0.2, 0) is 25.3 Å². The number of carbonyl (C=O) groups is 1. The predicted octanol–water partition coefficient (Wildman–Crippen LogP) is 2.80. The maximum absolute atomic E-state index is 12.0. The van der Waals surface area contributed by atoms with Gasteiger partial charge in [0, 0.05) is 10.9 Å². The van der Waals surface area contributed by atoms with E-state index in [9.17, 15) is 4.79 Å². The number of aromatic amines is 1. The summed E-state index contributed by atoms with van der Waals surface area (Å²) in [7, 11) is 0.860. The van der Waals surface area contributed by atoms with Gasteiger partial charge in [-0.15, -0.1) is 0 Å². The first-order chi connectivity index (χ1) is 11.6. The number of ether oxygens (including phenoxy) is 1. The van der Waals surface area contributed by atoms with Crippen molar-refractivity contribution < 1.29 is 18.8 Å². The average Bonchev–Trinajstić information content (AvgIpc) is 2.94. The number of carbonyl (C=O) groups excluding carboxylic acids is 1. The van der Waals surface area contributed by atoms with Gasteiger partial charge >= 0.3 is 13.1 Å². The number of hydrogen-bond donors (Lipinski definition) is 1. The fourth-order valence-corrected chi connectivity index (χ4v) is 3.30. The molecule has 1 aliphatic rings. The summed E-state index contributed by atoms with van der Waals surface area (Å²) < 4.78 is 17.3. The van der Waals surface area contributed by atoms with Crippen LogP contribution in [0.4, 0.5) is 0 Å². The highest BCUT2D eigenvalue weighted by Gasteiger charge is 2.53. The lowest BCUT2D eigenvalue weighted by Crippen LogP contribution is -2.41. The van der Waals surface area contributed by atoms with Gasteiger partial charge < -0.3 is 19.0 Å². The second-order valence-corrected chi connectivity index (χ2v) is 7.86. The van der Waals surface area contributed by atoms with E-state index < -0.39 is 18.3 Å². The molecule has 0 saturated carbocycles. The van der Waals surface area contributed by atoms with Crippen molar-refractivity contribution in [2.24, 2.45) is 0 Å². The fourth-order valence-electron chi connectivity index (χ4n) is 3.30. The minimum Gasteiger partial charge on any atom is -0.469 e. The maximum Gasteiger partial charge on any atom is 0.512 e. The molecule has 6 heteroatoms. The normalized spacial score (nSPS) is 18.8. The zero-order valence-corrected chi connectivity index (χ0v) is 16.1. The Hall–Kier alpha value is -1.79. The highest BCUT2D eigenvalue weighted by atomic mass is 16.7. The summed E-state index contributed by atoms with van der Waals surface area (Å²) in [4.78, 5) is 15.4. The van der Waals surface area contributed by atoms with Crippen LogP contribution in [0.15, 0.2) is 12.1 Å². The summed E-state index contributed by atoms with van der Waals surface area (Å²) in [5.41, 5.74) is 4.08. The Labute approximate surface area is 149 Å². The molecule has 1 aromatic carbocycles. The van der Waals surface area contributed by atoms with E-state index in [-0.39, 0.29) is 12.4 Å². The molecule has 0 spiro atoms. The summed E-state index contributed by atoms with van der Waals surface area (Å²) in [6, 6.07) is 4.21. The van der Waals surface area contributed by atoms with Gasteiger partial charge in [0.1, 0.15) is 0 Å². The van der Waals surface area contributed by atoms with Crippen molar-refractivity contribution >= 4 is 29.6 Å². The molecule has 1 saturated heterocycles. The molecule has 0 atom stereocenters. The molecule has 5 nitrogen and oxygen atoms in total. The zero-order valence-electron chi connectivity index (χ0n) is 16.1. The van der Waals surface area contributed by atoms with Crippen LogP contribution in [0.5, 0.6) is 0 Å². The van der Waals surface area contributed by atoms with E-state index in [1.165, 1.54) is 7.11 Å². The van der Waals surface area contributed by atoms with Crippen molar-refractivity contribution in [1.82, 2.24) is 4.98 Å². The molecule has 1 aliphatic heterocycles. The van der Waals surface area contributed by atoms with Crippen LogP contribution in [0.1, 0.15) is 44.4 Å². The third kappa shape index (κ3) is 2.98. The molecule has 2 aromatic rings. The van der Waals surface area contributed by atoms with E-state index in [1.807, 2.05) is 27.7 Å². The molecule has 0 amide bonds. The molecule has 3 rings (SSSR count). The Kier molecular flexibility index (Phi) is 4.24. The number of nitrogens with one attached hydrogen (secondary N) is 1. The van der Waals surface area contributed by atoms with Crippen LogP contribution in [0.2, 0.25) is 0 Å². The molecular weight excluding hydrogens is 317 g/mol. The first-order valence-corrected chi connectivity index (χ1v) is 8.60. The van der Waals surface area contributed by atoms with Crippen LogP contribution in [0, 0.1) is 13.8 Å². The van der Waals surface area contributed by atoms with Crippen LogP contribution >= 0.6 is 0 Å². The van der Waals surface area contributed by atoms with Crippen molar-refractivity contribution in [2.75, 3.05) is 7.11 Å². The number of rotatable bonds is 3. The monoisotopic (exact) mass is 343 g/mol. The van der Waals surface area contributed by atoms with Gasteiger partial charge in [0.2, 0.25) is 0 Å². The van der Waals surface area contributed by atoms with E-state index in [2.05, 4.69) is 31.0 Å². The molecule has 0 radical (unpaired) electrons. The summed E-state index contributed by atoms with van der Waals surface area (Å²) in [5.74, 6) is -0.280. The Morgan fingerprint density at radius 2 is 1.76 bits per heavy atom. The third-order valence-corrected chi connectivity index (χ3v) is 5.43. The van der Waals surface area contributed by atoms with Gasteiger partial charge in [-0.25, -0.2) is 0 Å². The first-order valence-electron chi connectivity index (χ1n) is 8.60. The van der Waals surface area contributed by atoms with Gasteiger partial charge in [-0.05, 0) is 58.7 Å². The van der Waals surface area contributed by atoms with E-state index >= 15 is 0 Å². The summed E-state index contributed by atoms with van der Waals surface area (Å²) in [6.07, 6.45) is 0.179. The zero-order chi connectivity index (χ0) is 18.6. The quantitative estimate of drug-likeness (QED) is 0.688. The number of aromatic nitrogens is 1. The predicted molar refractivity (Wildman–Crippen MR) is 99.2 cm³/mol. The minimum atomic E-state index is -0.545. The van der Waals surface area contributed by atoms with Crippen molar-refractivity contribution in [1.29, 1.82) is 0 Å². The summed E-state index contributed by atoms with van der Waals surface area (Å²) in [6.45, 7) is 12.2. The molecule has 1 N–H and O–H groups in total. The second kappa shape index (κ2) is 5.89. The van der Waals surface area contributed by atoms with Crippen molar-refractivity contribution in [3.05, 3.63) is 28.8 Å². The van der Waals surface area contributed by atoms with Crippen LogP contribution in [0.25, 0.3) is 10.9 Å². The average molecular weight is 343 g/mol. The molecule has 0 unspecified atom stereocenters. The fraction of sp³-hybridized carbons (Fsp3) is 0.526. The highest BCUT2D eigenvalue weighted by Crippen LogP contribution is 2.37. The lowest BCUT2D eigenvalue weighted by atomic mass is 9.80. The number of aryl methyl sites for hydroxylation is 2. The van der Waals surface area contributed by atoms with Crippen LogP contribution in [-0.4, -0.2) is 36.4 Å². The molecule has 2 heterocycles. The van der Waals surface area contributed by atoms with Crippen LogP contribution in [0.3, 0.4) is 0 Å². The number of fused-ring (bicyclic) bond motifs is 1. The van der Waals surface area contributed by atoms with Crippen molar-refractivity contribution in [3.63, 3.8) is 0 Å². The largest absolute Gasteiger partial charge is 0.512 e. The SMILES string of the molecule is COC(=O)Cc1c(B2OC(C)(C)C(C)(C)O2)[nH]c2c(C)cc(C)cc12. The van der Waals surface area contributed by atoms with Gasteiger partial charge in [0.25, 0.3) is 0 Å². The molecule has 1 aromatic heterocycles. The first kappa shape index (κ1) is 18.0. The van der Waals surface area contributed by atoms with Gasteiger partial charge in [-0.2, -0.15) is 0 Å². The van der Waals surface area contributed by atoms with E-state index in [0.29, 0.717) is 0 Å². The third-order valence-electron chi connectivity index (χ3n) is 5.43. The summed E-state index contributed by atoms with van der Waals surface area (Å²) >= 11 is 0. The molecule has 1 fully saturated rings. The molecule has 134 valence electrons. The van der Waals surface area contributed by atoms with Gasteiger partial charge in [0.05, 0.1) is 30.3 Å². The maximum atomic E-state index is 12.0. The number of hydrogen-bond acceptors (Lipinski definition) is 4. The smallest absolute Gasteiger partial charge is 0.469 e. The van der Waals surface area contributed by atoms with E-state index in [4.69, 9.17) is 14.0 Å². The van der Waals surface area contributed by atoms with Crippen LogP contribution < -0.4 is 5.59 Å². The lowest BCUT2D eigenvalue weighted by molar-refractivity contribution is -0.139. The Bertz CT molecular complexity index is 822. The van der Waals surface area contributed by atoms with Crippen molar-refractivity contribution in [2.45, 2.75) is 59.2 Å². The van der Waals surface area contributed by atoms with Crippen molar-refractivity contribution in [3.8, 4) is 0 Å². The Morgan fingerprint density at radius 1 is 1.16 bits per heavy atom. The number of benzene rings is 1. The second-order valence-electron chi connectivity index (χ2n) is 7.86. The lowest BCUT2D eigenvalue weighted by Gasteiger charge is -2.32. The van der Waals surface area contributed by atoms with Gasteiger partial charge in [-0.1, -0.05) is 11.6 Å². The highest BCUT2D eigenvalue weighted by molar-refractivity contribution is 6.62. The Morgan fingerprint density at radius 3 is 2.32 bits per heavy atom. The topological polar surface area (TPSA) is 60.6 Å². The van der Waals surface area contributed by atoms with E-state index in [0.717, 1.165) is 33.2 Å². The molecule has 25 heavy (non-hydrogen) atoms. The summed E-state index contributed by atoms with van der Waals surface area (Å²) in [5, 5.41) is 1.02. The van der Waals surface area contributed by atoms with Gasteiger partial charge in [-0.3, -0.25) is 4.79 Å². The number of esters is 1. The molecular formula is C19H26BNO4. The standard InChI is InChI=1S/C19H26BNO4/c1-11-8-12(2)16-13(9-11)14(10-15(22)23-7)17(21-16)20-24-18(3,4)19(5,6)25-20/h8-9,21H,10H2,1-7H3. The minimum absolute atomic E-state index is 0.179. The Balaban J connectivity index is 2.16. The van der Waals surface area contributed by atoms with E-state index in [1.54, 1.807) is 0 Å². The van der Waals surface area contributed by atoms with Gasteiger partial charge in [0.15, 0.2) is 0 Å². The molecule has 0 bridgehead atoms.